The van der Waals surface area contributed by atoms with Crippen LogP contribution in [0.5, 0.6) is 0 Å². The van der Waals surface area contributed by atoms with Crippen molar-refractivity contribution in [3.63, 3.8) is 0 Å². The second-order valence-electron chi connectivity index (χ2n) is 5.15. The largest absolute Gasteiger partial charge is 0.322 e. The van der Waals surface area contributed by atoms with Gasteiger partial charge < -0.3 is 10.2 Å². The van der Waals surface area contributed by atoms with Crippen LogP contribution in [-0.2, 0) is 6.54 Å². The van der Waals surface area contributed by atoms with E-state index in [1.54, 1.807) is 30.5 Å². The molecule has 6 heteroatoms. The molecule has 0 spiro atoms. The van der Waals surface area contributed by atoms with Crippen molar-refractivity contribution in [2.75, 3.05) is 11.9 Å². The SMILES string of the molecule is O=C(Nc1ccc(Cl)cc1)N1CCCC1Cn1cccn1. The fraction of sp³-hybridized carbons (Fsp3) is 0.333. The van der Waals surface area contributed by atoms with E-state index < -0.39 is 0 Å². The third-order valence-electron chi connectivity index (χ3n) is 3.69. The number of urea groups is 1. The second-order valence-corrected chi connectivity index (χ2v) is 5.59. The van der Waals surface area contributed by atoms with E-state index in [2.05, 4.69) is 10.4 Å². The molecule has 1 aromatic heterocycles. The standard InChI is InChI=1S/C15H17ClN4O/c16-12-4-6-13(7-5-12)18-15(21)20-10-1-3-14(20)11-19-9-2-8-17-19/h2,4-9,14H,1,3,10-11H2,(H,18,21). The van der Waals surface area contributed by atoms with Gasteiger partial charge in [0.1, 0.15) is 0 Å². The van der Waals surface area contributed by atoms with Crippen LogP contribution in [0.25, 0.3) is 0 Å². The predicted molar refractivity (Wildman–Crippen MR) is 82.4 cm³/mol. The Kier molecular flexibility index (Phi) is 4.10. The summed E-state index contributed by atoms with van der Waals surface area (Å²) < 4.78 is 1.87. The molecular formula is C15H17ClN4O. The summed E-state index contributed by atoms with van der Waals surface area (Å²) in [5.74, 6) is 0. The van der Waals surface area contributed by atoms with Crippen LogP contribution < -0.4 is 5.32 Å². The number of halogens is 1. The van der Waals surface area contributed by atoms with Gasteiger partial charge in [-0.15, -0.1) is 0 Å². The van der Waals surface area contributed by atoms with Crippen molar-refractivity contribution >= 4 is 23.3 Å². The minimum atomic E-state index is -0.0630. The lowest BCUT2D eigenvalue weighted by molar-refractivity contribution is 0.199. The summed E-state index contributed by atoms with van der Waals surface area (Å²) in [5, 5.41) is 7.79. The number of rotatable bonds is 3. The zero-order valence-corrected chi connectivity index (χ0v) is 12.3. The number of hydrogen-bond donors (Lipinski definition) is 1. The molecule has 1 aromatic carbocycles. The average Bonchev–Trinajstić information content (AvgIpc) is 3.13. The molecule has 0 bridgehead atoms. The zero-order valence-electron chi connectivity index (χ0n) is 11.6. The number of carbonyl (C=O) groups excluding carboxylic acids is 1. The molecule has 0 radical (unpaired) electrons. The first-order valence-electron chi connectivity index (χ1n) is 7.03. The summed E-state index contributed by atoms with van der Waals surface area (Å²) in [6.45, 7) is 1.52. The van der Waals surface area contributed by atoms with E-state index >= 15 is 0 Å². The number of nitrogens with zero attached hydrogens (tertiary/aromatic N) is 3. The van der Waals surface area contributed by atoms with Crippen molar-refractivity contribution in [1.82, 2.24) is 14.7 Å². The van der Waals surface area contributed by atoms with Gasteiger partial charge in [0, 0.05) is 29.6 Å². The maximum Gasteiger partial charge on any atom is 0.322 e. The maximum absolute atomic E-state index is 12.4. The number of benzene rings is 1. The lowest BCUT2D eigenvalue weighted by Gasteiger charge is -2.25. The van der Waals surface area contributed by atoms with Gasteiger partial charge in [-0.25, -0.2) is 4.79 Å². The van der Waals surface area contributed by atoms with Gasteiger partial charge in [0.05, 0.1) is 12.6 Å². The van der Waals surface area contributed by atoms with Crippen LogP contribution in [0.1, 0.15) is 12.8 Å². The number of aromatic nitrogens is 2. The highest BCUT2D eigenvalue weighted by Gasteiger charge is 2.29. The molecule has 1 N–H and O–H groups in total. The third kappa shape index (κ3) is 3.36. The molecule has 2 aromatic rings. The number of nitrogens with one attached hydrogen (secondary N) is 1. The normalized spacial score (nSPS) is 18.0. The first-order chi connectivity index (χ1) is 10.2. The fourth-order valence-electron chi connectivity index (χ4n) is 2.65. The molecule has 2 amide bonds. The predicted octanol–water partition coefficient (Wildman–Crippen LogP) is 3.23. The van der Waals surface area contributed by atoms with E-state index in [0.29, 0.717) is 5.02 Å². The maximum atomic E-state index is 12.4. The molecule has 2 heterocycles. The fourth-order valence-corrected chi connectivity index (χ4v) is 2.77. The Bertz CT molecular complexity index is 597. The van der Waals surface area contributed by atoms with E-state index in [1.165, 1.54) is 0 Å². The summed E-state index contributed by atoms with van der Waals surface area (Å²) in [5.41, 5.74) is 0.758. The first-order valence-corrected chi connectivity index (χ1v) is 7.41. The Morgan fingerprint density at radius 3 is 2.90 bits per heavy atom. The lowest BCUT2D eigenvalue weighted by atomic mass is 10.2. The quantitative estimate of drug-likeness (QED) is 0.946. The van der Waals surface area contributed by atoms with Crippen LogP contribution in [0.4, 0.5) is 10.5 Å². The minimum absolute atomic E-state index is 0.0630. The molecule has 21 heavy (non-hydrogen) atoms. The number of carbonyl (C=O) groups is 1. The van der Waals surface area contributed by atoms with Crippen molar-refractivity contribution < 1.29 is 4.79 Å². The summed E-state index contributed by atoms with van der Waals surface area (Å²) in [7, 11) is 0. The lowest BCUT2D eigenvalue weighted by Crippen LogP contribution is -2.40. The van der Waals surface area contributed by atoms with Crippen molar-refractivity contribution in [1.29, 1.82) is 0 Å². The minimum Gasteiger partial charge on any atom is -0.320 e. The van der Waals surface area contributed by atoms with Crippen molar-refractivity contribution in [3.05, 3.63) is 47.7 Å². The van der Waals surface area contributed by atoms with E-state index in [1.807, 2.05) is 21.8 Å². The Morgan fingerprint density at radius 1 is 1.38 bits per heavy atom. The van der Waals surface area contributed by atoms with Gasteiger partial charge in [0.15, 0.2) is 0 Å². The Balaban J connectivity index is 1.64. The molecule has 1 aliphatic rings. The van der Waals surface area contributed by atoms with Crippen LogP contribution in [0.3, 0.4) is 0 Å². The molecule has 1 fully saturated rings. The van der Waals surface area contributed by atoms with Crippen LogP contribution >= 0.6 is 11.6 Å². The number of amides is 2. The highest BCUT2D eigenvalue weighted by molar-refractivity contribution is 6.30. The van der Waals surface area contributed by atoms with E-state index in [0.717, 1.165) is 31.6 Å². The van der Waals surface area contributed by atoms with E-state index in [-0.39, 0.29) is 12.1 Å². The molecule has 110 valence electrons. The van der Waals surface area contributed by atoms with Crippen LogP contribution in [0, 0.1) is 0 Å². The van der Waals surface area contributed by atoms with Crippen LogP contribution in [0.15, 0.2) is 42.7 Å². The molecule has 3 rings (SSSR count). The Labute approximate surface area is 128 Å². The molecule has 0 saturated carbocycles. The molecule has 1 saturated heterocycles. The van der Waals surface area contributed by atoms with Gasteiger partial charge in [0.2, 0.25) is 0 Å². The molecule has 1 aliphatic heterocycles. The zero-order chi connectivity index (χ0) is 14.7. The number of likely N-dealkylation sites (tertiary alicyclic amines) is 1. The molecule has 0 aliphatic carbocycles. The van der Waals surface area contributed by atoms with Gasteiger partial charge in [-0.05, 0) is 43.2 Å². The molecular weight excluding hydrogens is 288 g/mol. The van der Waals surface area contributed by atoms with Gasteiger partial charge in [-0.2, -0.15) is 5.10 Å². The Morgan fingerprint density at radius 2 is 2.19 bits per heavy atom. The summed E-state index contributed by atoms with van der Waals surface area (Å²) in [4.78, 5) is 14.3. The monoisotopic (exact) mass is 304 g/mol. The molecule has 1 unspecified atom stereocenters. The highest BCUT2D eigenvalue weighted by atomic mass is 35.5. The van der Waals surface area contributed by atoms with Crippen molar-refractivity contribution in [2.24, 2.45) is 0 Å². The van der Waals surface area contributed by atoms with Crippen LogP contribution in [-0.4, -0.2) is 33.3 Å². The topological polar surface area (TPSA) is 50.2 Å². The smallest absolute Gasteiger partial charge is 0.320 e. The molecule has 1 atom stereocenters. The van der Waals surface area contributed by atoms with E-state index in [9.17, 15) is 4.79 Å². The average molecular weight is 305 g/mol. The van der Waals surface area contributed by atoms with Crippen molar-refractivity contribution in [3.8, 4) is 0 Å². The summed E-state index contributed by atoms with van der Waals surface area (Å²) in [6.07, 6.45) is 5.72. The van der Waals surface area contributed by atoms with Gasteiger partial charge in [-0.3, -0.25) is 4.68 Å². The Hall–Kier alpha value is -2.01. The third-order valence-corrected chi connectivity index (χ3v) is 3.94. The number of anilines is 1. The van der Waals surface area contributed by atoms with E-state index in [4.69, 9.17) is 11.6 Å². The second kappa shape index (κ2) is 6.18. The summed E-state index contributed by atoms with van der Waals surface area (Å²) in [6, 6.07) is 9.17. The number of hydrogen-bond acceptors (Lipinski definition) is 2. The van der Waals surface area contributed by atoms with Gasteiger partial charge in [-0.1, -0.05) is 11.6 Å². The molecule has 5 nitrogen and oxygen atoms in total. The van der Waals surface area contributed by atoms with Crippen LogP contribution in [0.2, 0.25) is 5.02 Å². The van der Waals surface area contributed by atoms with Gasteiger partial charge in [0.25, 0.3) is 0 Å². The van der Waals surface area contributed by atoms with Gasteiger partial charge >= 0.3 is 6.03 Å². The highest BCUT2D eigenvalue weighted by Crippen LogP contribution is 2.21. The van der Waals surface area contributed by atoms with Crippen molar-refractivity contribution in [2.45, 2.75) is 25.4 Å². The summed E-state index contributed by atoms with van der Waals surface area (Å²) >= 11 is 5.85. The first kappa shape index (κ1) is 13.9.